The number of amides is 1. The quantitative estimate of drug-likeness (QED) is 0.380. The van der Waals surface area contributed by atoms with Crippen molar-refractivity contribution >= 4 is 17.1 Å². The Kier molecular flexibility index (Phi) is 7.93. The third-order valence-electron chi connectivity index (χ3n) is 6.60. The molecule has 3 aromatic rings. The van der Waals surface area contributed by atoms with Crippen molar-refractivity contribution in [2.24, 2.45) is 5.41 Å². The van der Waals surface area contributed by atoms with E-state index >= 15 is 0 Å². The minimum absolute atomic E-state index is 0.00973. The number of nitrogens with zero attached hydrogens (tertiary/aromatic N) is 5. The summed E-state index contributed by atoms with van der Waals surface area (Å²) in [4.78, 5) is 26.8. The van der Waals surface area contributed by atoms with Gasteiger partial charge < -0.3 is 19.1 Å². The van der Waals surface area contributed by atoms with E-state index in [1.165, 1.54) is 39.1 Å². The molecule has 1 aliphatic rings. The molecule has 0 N–H and O–H groups in total. The second-order valence-corrected chi connectivity index (χ2v) is 11.0. The van der Waals surface area contributed by atoms with Gasteiger partial charge in [-0.2, -0.15) is 0 Å². The third kappa shape index (κ3) is 6.03. The Balaban J connectivity index is 1.64. The summed E-state index contributed by atoms with van der Waals surface area (Å²) in [5.41, 5.74) is 2.49. The van der Waals surface area contributed by atoms with Gasteiger partial charge in [-0.15, -0.1) is 0 Å². The lowest BCUT2D eigenvalue weighted by molar-refractivity contribution is 0.0745. The Hall–Kier alpha value is -3.00. The van der Waals surface area contributed by atoms with Crippen molar-refractivity contribution in [3.05, 3.63) is 41.8 Å². The maximum atomic E-state index is 14.6. The molecule has 0 spiro atoms. The molecule has 0 bridgehead atoms. The van der Waals surface area contributed by atoms with Crippen molar-refractivity contribution in [2.75, 3.05) is 40.3 Å². The first-order valence-electron chi connectivity index (χ1n) is 12.8. The highest BCUT2D eigenvalue weighted by Gasteiger charge is 2.22. The molecule has 7 nitrogen and oxygen atoms in total. The zero-order valence-electron chi connectivity index (χ0n) is 22.2. The van der Waals surface area contributed by atoms with E-state index in [9.17, 15) is 9.18 Å². The van der Waals surface area contributed by atoms with Crippen LogP contribution in [0.3, 0.4) is 0 Å². The number of halogens is 1. The predicted octanol–water partition coefficient (Wildman–Crippen LogP) is 5.24. The predicted molar refractivity (Wildman–Crippen MR) is 141 cm³/mol. The van der Waals surface area contributed by atoms with Gasteiger partial charge >= 0.3 is 0 Å². The molecule has 0 unspecified atom stereocenters. The lowest BCUT2D eigenvalue weighted by Gasteiger charge is -2.26. The molecule has 194 valence electrons. The topological polar surface area (TPSA) is 63.5 Å². The molecular weight excluding hydrogens is 457 g/mol. The highest BCUT2D eigenvalue weighted by Crippen LogP contribution is 2.29. The zero-order valence-corrected chi connectivity index (χ0v) is 22.2. The second kappa shape index (κ2) is 10.9. The number of methoxy groups -OCH3 is 1. The fourth-order valence-corrected chi connectivity index (χ4v) is 4.98. The van der Waals surface area contributed by atoms with Gasteiger partial charge in [-0.3, -0.25) is 4.79 Å². The minimum atomic E-state index is -0.435. The van der Waals surface area contributed by atoms with Crippen molar-refractivity contribution in [1.29, 1.82) is 0 Å². The number of unbranched alkanes of at least 4 members (excludes halogenated alkanes) is 1. The van der Waals surface area contributed by atoms with Gasteiger partial charge in [0, 0.05) is 31.9 Å². The van der Waals surface area contributed by atoms with E-state index in [0.29, 0.717) is 34.7 Å². The van der Waals surface area contributed by atoms with Gasteiger partial charge in [0.15, 0.2) is 17.2 Å². The number of carbonyl (C=O) groups excluding carboxylic acids is 1. The van der Waals surface area contributed by atoms with Gasteiger partial charge in [-0.25, -0.2) is 14.4 Å². The standard InChI is InChI=1S/C28H38FN5O2/c1-28(2,3)19-32(4)27(35)21-17-23-26(30-18-21)34(15-9-8-14-33-12-6-7-13-33)25(31-23)20-10-11-24(36-5)22(29)16-20/h10-11,16-18H,6-9,12-15,19H2,1-5H3. The number of rotatable bonds is 9. The van der Waals surface area contributed by atoms with Crippen LogP contribution < -0.4 is 4.74 Å². The number of hydrogen-bond donors (Lipinski definition) is 0. The van der Waals surface area contributed by atoms with E-state index in [2.05, 4.69) is 30.7 Å². The Labute approximate surface area is 213 Å². The van der Waals surface area contributed by atoms with Crippen LogP contribution in [0.25, 0.3) is 22.6 Å². The van der Waals surface area contributed by atoms with E-state index in [-0.39, 0.29) is 17.1 Å². The fraction of sp³-hybridized carbons (Fsp3) is 0.536. The number of aromatic nitrogens is 3. The average Bonchev–Trinajstić information content (AvgIpc) is 3.47. The second-order valence-electron chi connectivity index (χ2n) is 11.0. The maximum absolute atomic E-state index is 14.6. The summed E-state index contributed by atoms with van der Waals surface area (Å²) in [6.07, 6.45) is 6.24. The van der Waals surface area contributed by atoms with Crippen molar-refractivity contribution < 1.29 is 13.9 Å². The number of aryl methyl sites for hydroxylation is 1. The molecule has 1 fully saturated rings. The lowest BCUT2D eigenvalue weighted by atomic mass is 9.96. The number of imidazole rings is 1. The number of benzene rings is 1. The van der Waals surface area contributed by atoms with Gasteiger partial charge in [0.2, 0.25) is 0 Å². The first kappa shape index (κ1) is 26.1. The molecule has 1 aliphatic heterocycles. The van der Waals surface area contributed by atoms with Gasteiger partial charge in [0.1, 0.15) is 11.3 Å². The van der Waals surface area contributed by atoms with Crippen LogP contribution in [0.5, 0.6) is 5.75 Å². The number of hydrogen-bond acceptors (Lipinski definition) is 5. The molecule has 1 amide bonds. The average molecular weight is 496 g/mol. The molecule has 36 heavy (non-hydrogen) atoms. The summed E-state index contributed by atoms with van der Waals surface area (Å²) in [5, 5.41) is 0. The first-order valence-corrected chi connectivity index (χ1v) is 12.8. The molecule has 0 aliphatic carbocycles. The molecule has 4 rings (SSSR count). The molecule has 1 saturated heterocycles. The van der Waals surface area contributed by atoms with E-state index in [4.69, 9.17) is 9.72 Å². The van der Waals surface area contributed by atoms with Crippen molar-refractivity contribution in [3.63, 3.8) is 0 Å². The first-order chi connectivity index (χ1) is 17.2. The molecular formula is C28H38FN5O2. The van der Waals surface area contributed by atoms with Gasteiger partial charge in [-0.1, -0.05) is 20.8 Å². The summed E-state index contributed by atoms with van der Waals surface area (Å²) in [6, 6.07) is 6.68. The minimum Gasteiger partial charge on any atom is -0.494 e. The van der Waals surface area contributed by atoms with Gasteiger partial charge in [-0.05, 0) is 75.0 Å². The van der Waals surface area contributed by atoms with Gasteiger partial charge in [0.25, 0.3) is 5.91 Å². The van der Waals surface area contributed by atoms with Crippen molar-refractivity contribution in [3.8, 4) is 17.1 Å². The normalized spacial score (nSPS) is 14.5. The van der Waals surface area contributed by atoms with E-state index in [1.807, 2.05) is 17.7 Å². The van der Waals surface area contributed by atoms with E-state index < -0.39 is 5.82 Å². The van der Waals surface area contributed by atoms with Crippen LogP contribution >= 0.6 is 0 Å². The summed E-state index contributed by atoms with van der Waals surface area (Å²) in [6.45, 7) is 11.1. The molecule has 1 aromatic carbocycles. The van der Waals surface area contributed by atoms with E-state index in [1.54, 1.807) is 23.2 Å². The van der Waals surface area contributed by atoms with Crippen LogP contribution in [0, 0.1) is 11.2 Å². The maximum Gasteiger partial charge on any atom is 0.255 e. The molecule has 0 saturated carbocycles. The van der Waals surface area contributed by atoms with Crippen LogP contribution in [0.4, 0.5) is 4.39 Å². The van der Waals surface area contributed by atoms with Gasteiger partial charge in [0.05, 0.1) is 12.7 Å². The van der Waals surface area contributed by atoms with Crippen LogP contribution in [0.15, 0.2) is 30.5 Å². The number of fused-ring (bicyclic) bond motifs is 1. The lowest BCUT2D eigenvalue weighted by Crippen LogP contribution is -2.34. The zero-order chi connectivity index (χ0) is 25.9. The number of likely N-dealkylation sites (tertiary alicyclic amines) is 1. The monoisotopic (exact) mass is 495 g/mol. The number of pyridine rings is 1. The molecule has 2 aromatic heterocycles. The highest BCUT2D eigenvalue weighted by molar-refractivity contribution is 5.96. The molecule has 8 heteroatoms. The Morgan fingerprint density at radius 2 is 1.86 bits per heavy atom. The molecule has 0 radical (unpaired) electrons. The Morgan fingerprint density at radius 1 is 1.14 bits per heavy atom. The molecule has 0 atom stereocenters. The van der Waals surface area contributed by atoms with Crippen molar-refractivity contribution in [2.45, 2.75) is 53.0 Å². The van der Waals surface area contributed by atoms with Crippen molar-refractivity contribution in [1.82, 2.24) is 24.3 Å². The fourth-order valence-electron chi connectivity index (χ4n) is 4.98. The summed E-state index contributed by atoms with van der Waals surface area (Å²) in [7, 11) is 3.26. The van der Waals surface area contributed by atoms with Crippen LogP contribution in [0.1, 0.15) is 56.8 Å². The van der Waals surface area contributed by atoms with Crippen LogP contribution in [0.2, 0.25) is 0 Å². The smallest absolute Gasteiger partial charge is 0.255 e. The van der Waals surface area contributed by atoms with Crippen LogP contribution in [-0.4, -0.2) is 70.6 Å². The summed E-state index contributed by atoms with van der Waals surface area (Å²) in [5.74, 6) is 0.319. The van der Waals surface area contributed by atoms with Crippen LogP contribution in [-0.2, 0) is 6.54 Å². The number of ether oxygens (including phenoxy) is 1. The highest BCUT2D eigenvalue weighted by atomic mass is 19.1. The summed E-state index contributed by atoms with van der Waals surface area (Å²) >= 11 is 0. The number of carbonyl (C=O) groups is 1. The van der Waals surface area contributed by atoms with E-state index in [0.717, 1.165) is 25.9 Å². The largest absolute Gasteiger partial charge is 0.494 e. The summed E-state index contributed by atoms with van der Waals surface area (Å²) < 4.78 is 21.7. The Bertz CT molecular complexity index is 1210. The molecule has 3 heterocycles. The Morgan fingerprint density at radius 3 is 2.53 bits per heavy atom. The SMILES string of the molecule is COc1ccc(-c2nc3cc(C(=O)N(C)CC(C)(C)C)cnc3n2CCCCN2CCCC2)cc1F. The third-order valence-corrected chi connectivity index (χ3v) is 6.60.